The van der Waals surface area contributed by atoms with Crippen LogP contribution in [0.2, 0.25) is 5.02 Å². The van der Waals surface area contributed by atoms with E-state index in [4.69, 9.17) is 22.2 Å². The third-order valence-corrected chi connectivity index (χ3v) is 3.72. The highest BCUT2D eigenvalue weighted by atomic mass is 35.5. The number of rotatable bonds is 8. The normalized spacial score (nSPS) is 12.7. The lowest BCUT2D eigenvalue weighted by atomic mass is 10.0. The lowest BCUT2D eigenvalue weighted by Gasteiger charge is -2.23. The van der Waals surface area contributed by atoms with Gasteiger partial charge in [-0.2, -0.15) is 0 Å². The molecule has 0 saturated heterocycles. The van der Waals surface area contributed by atoms with Gasteiger partial charge in [-0.1, -0.05) is 31.5 Å². The quantitative estimate of drug-likeness (QED) is 0.569. The van der Waals surface area contributed by atoms with Crippen molar-refractivity contribution < 1.29 is 4.74 Å². The molecule has 5 heteroatoms. The van der Waals surface area contributed by atoms with E-state index in [0.29, 0.717) is 10.8 Å². The lowest BCUT2D eigenvalue weighted by Crippen LogP contribution is -2.32. The summed E-state index contributed by atoms with van der Waals surface area (Å²) >= 11 is 6.03. The molecule has 0 amide bonds. The summed E-state index contributed by atoms with van der Waals surface area (Å²) in [6.45, 7) is 7.45. The summed E-state index contributed by atoms with van der Waals surface area (Å²) in [6, 6.07) is 5.87. The average molecular weight is 286 g/mol. The van der Waals surface area contributed by atoms with Crippen LogP contribution in [0.5, 0.6) is 5.75 Å². The fraction of sp³-hybridized carbons (Fsp3) is 0.571. The van der Waals surface area contributed by atoms with Crippen LogP contribution >= 0.6 is 11.6 Å². The van der Waals surface area contributed by atoms with E-state index in [1.807, 2.05) is 18.2 Å². The van der Waals surface area contributed by atoms with Crippen molar-refractivity contribution in [3.63, 3.8) is 0 Å². The summed E-state index contributed by atoms with van der Waals surface area (Å²) in [5.74, 6) is 6.34. The summed E-state index contributed by atoms with van der Waals surface area (Å²) in [6.07, 6.45) is 0.947. The molecular formula is C14H24ClN3O. The van der Waals surface area contributed by atoms with Gasteiger partial charge in [-0.15, -0.1) is 0 Å². The third kappa shape index (κ3) is 4.66. The molecule has 108 valence electrons. The average Bonchev–Trinajstić information content (AvgIpc) is 2.45. The van der Waals surface area contributed by atoms with Crippen LogP contribution in [0, 0.1) is 0 Å². The van der Waals surface area contributed by atoms with Crippen LogP contribution in [0.1, 0.15) is 31.9 Å². The van der Waals surface area contributed by atoms with Crippen molar-refractivity contribution in [2.45, 2.75) is 26.3 Å². The Labute approximate surface area is 120 Å². The Hall–Kier alpha value is -0.810. The number of ether oxygens (including phenoxy) is 1. The molecule has 0 heterocycles. The molecule has 0 spiro atoms. The molecule has 4 nitrogen and oxygen atoms in total. The fourth-order valence-corrected chi connectivity index (χ4v) is 2.29. The first-order valence-electron chi connectivity index (χ1n) is 6.68. The van der Waals surface area contributed by atoms with Crippen LogP contribution in [0.15, 0.2) is 18.2 Å². The van der Waals surface area contributed by atoms with Crippen LogP contribution in [0.3, 0.4) is 0 Å². The monoisotopic (exact) mass is 285 g/mol. The highest BCUT2D eigenvalue weighted by molar-refractivity contribution is 6.32. The van der Waals surface area contributed by atoms with Crippen molar-refractivity contribution in [1.29, 1.82) is 0 Å². The SMILES string of the molecule is CCN(CC)CCC(NN)c1ccc(Cl)c(OC)c1. The molecule has 0 fully saturated rings. The summed E-state index contributed by atoms with van der Waals surface area (Å²) in [5.41, 5.74) is 3.96. The van der Waals surface area contributed by atoms with Gasteiger partial charge in [-0.3, -0.25) is 11.3 Å². The summed E-state index contributed by atoms with van der Waals surface area (Å²) in [5, 5.41) is 0.616. The largest absolute Gasteiger partial charge is 0.495 e. The van der Waals surface area contributed by atoms with Gasteiger partial charge >= 0.3 is 0 Å². The molecule has 0 aliphatic rings. The van der Waals surface area contributed by atoms with E-state index >= 15 is 0 Å². The molecule has 1 unspecified atom stereocenters. The molecular weight excluding hydrogens is 262 g/mol. The zero-order valence-electron chi connectivity index (χ0n) is 11.9. The number of nitrogens with one attached hydrogen (secondary N) is 1. The topological polar surface area (TPSA) is 50.5 Å². The minimum atomic E-state index is 0.103. The zero-order valence-corrected chi connectivity index (χ0v) is 12.7. The van der Waals surface area contributed by atoms with Gasteiger partial charge in [0, 0.05) is 6.04 Å². The van der Waals surface area contributed by atoms with Gasteiger partial charge in [0.2, 0.25) is 0 Å². The Morgan fingerprint density at radius 1 is 1.37 bits per heavy atom. The molecule has 3 N–H and O–H groups in total. The van der Waals surface area contributed by atoms with Crippen LogP contribution in [-0.2, 0) is 0 Å². The van der Waals surface area contributed by atoms with E-state index < -0.39 is 0 Å². The Morgan fingerprint density at radius 3 is 2.58 bits per heavy atom. The first-order chi connectivity index (χ1) is 9.15. The van der Waals surface area contributed by atoms with Crippen LogP contribution < -0.4 is 16.0 Å². The van der Waals surface area contributed by atoms with E-state index in [-0.39, 0.29) is 6.04 Å². The van der Waals surface area contributed by atoms with E-state index in [1.54, 1.807) is 7.11 Å². The summed E-state index contributed by atoms with van der Waals surface area (Å²) in [4.78, 5) is 2.37. The molecule has 19 heavy (non-hydrogen) atoms. The minimum Gasteiger partial charge on any atom is -0.495 e. The maximum Gasteiger partial charge on any atom is 0.137 e. The molecule has 1 aromatic rings. The van der Waals surface area contributed by atoms with Crippen LogP contribution in [-0.4, -0.2) is 31.6 Å². The van der Waals surface area contributed by atoms with Gasteiger partial charge in [0.05, 0.1) is 12.1 Å². The van der Waals surface area contributed by atoms with Crippen molar-refractivity contribution in [3.05, 3.63) is 28.8 Å². The standard InChI is InChI=1S/C14H24ClN3O/c1-4-18(5-2)9-8-13(17-16)11-6-7-12(15)14(10-11)19-3/h6-7,10,13,17H,4-5,8-9,16H2,1-3H3. The Balaban J connectivity index is 2.74. The zero-order chi connectivity index (χ0) is 14.3. The third-order valence-electron chi connectivity index (χ3n) is 3.41. The van der Waals surface area contributed by atoms with Crippen molar-refractivity contribution in [1.82, 2.24) is 10.3 Å². The first kappa shape index (κ1) is 16.2. The Bertz CT molecular complexity index is 383. The molecule has 0 aliphatic heterocycles. The van der Waals surface area contributed by atoms with Crippen molar-refractivity contribution in [3.8, 4) is 5.75 Å². The smallest absolute Gasteiger partial charge is 0.137 e. The Morgan fingerprint density at radius 2 is 2.05 bits per heavy atom. The molecule has 0 bridgehead atoms. The number of hydrazine groups is 1. The first-order valence-corrected chi connectivity index (χ1v) is 7.05. The predicted molar refractivity (Wildman–Crippen MR) is 80.5 cm³/mol. The molecule has 1 aromatic carbocycles. The maximum atomic E-state index is 6.03. The van der Waals surface area contributed by atoms with E-state index in [2.05, 4.69) is 24.2 Å². The molecule has 1 rings (SSSR count). The number of nitrogens with two attached hydrogens (primary N) is 1. The predicted octanol–water partition coefficient (Wildman–Crippen LogP) is 2.58. The van der Waals surface area contributed by atoms with Gasteiger partial charge in [0.25, 0.3) is 0 Å². The van der Waals surface area contributed by atoms with Crippen LogP contribution in [0.4, 0.5) is 0 Å². The fourth-order valence-electron chi connectivity index (χ4n) is 2.09. The summed E-state index contributed by atoms with van der Waals surface area (Å²) in [7, 11) is 1.62. The van der Waals surface area contributed by atoms with Gasteiger partial charge in [-0.25, -0.2) is 0 Å². The number of hydrogen-bond donors (Lipinski definition) is 2. The van der Waals surface area contributed by atoms with Gasteiger partial charge < -0.3 is 9.64 Å². The summed E-state index contributed by atoms with van der Waals surface area (Å²) < 4.78 is 5.24. The lowest BCUT2D eigenvalue weighted by molar-refractivity contribution is 0.282. The highest BCUT2D eigenvalue weighted by Crippen LogP contribution is 2.28. The number of methoxy groups -OCH3 is 1. The number of halogens is 1. The highest BCUT2D eigenvalue weighted by Gasteiger charge is 2.13. The van der Waals surface area contributed by atoms with Crippen molar-refractivity contribution in [2.75, 3.05) is 26.7 Å². The van der Waals surface area contributed by atoms with Crippen molar-refractivity contribution >= 4 is 11.6 Å². The van der Waals surface area contributed by atoms with E-state index in [9.17, 15) is 0 Å². The van der Waals surface area contributed by atoms with Gasteiger partial charge in [0.1, 0.15) is 5.75 Å². The second-order valence-corrected chi connectivity index (χ2v) is 4.84. The minimum absolute atomic E-state index is 0.103. The maximum absolute atomic E-state index is 6.03. The molecule has 1 atom stereocenters. The number of nitrogens with zero attached hydrogens (tertiary/aromatic N) is 1. The second kappa shape index (κ2) is 8.38. The van der Waals surface area contributed by atoms with Crippen molar-refractivity contribution in [2.24, 2.45) is 5.84 Å². The van der Waals surface area contributed by atoms with E-state index in [0.717, 1.165) is 31.6 Å². The van der Waals surface area contributed by atoms with Gasteiger partial charge in [0.15, 0.2) is 0 Å². The second-order valence-electron chi connectivity index (χ2n) is 4.43. The molecule has 0 radical (unpaired) electrons. The van der Waals surface area contributed by atoms with Gasteiger partial charge in [-0.05, 0) is 43.8 Å². The van der Waals surface area contributed by atoms with E-state index in [1.165, 1.54) is 0 Å². The van der Waals surface area contributed by atoms with Crippen LogP contribution in [0.25, 0.3) is 0 Å². The Kier molecular flexibility index (Phi) is 7.16. The molecule has 0 aromatic heterocycles. The number of benzene rings is 1. The molecule has 0 saturated carbocycles. The number of hydrogen-bond acceptors (Lipinski definition) is 4. The molecule has 0 aliphatic carbocycles.